The van der Waals surface area contributed by atoms with Crippen LogP contribution in [0.2, 0.25) is 0 Å². The van der Waals surface area contributed by atoms with Gasteiger partial charge in [-0.3, -0.25) is 9.79 Å². The van der Waals surface area contributed by atoms with Gasteiger partial charge in [0.15, 0.2) is 17.5 Å². The second-order valence-electron chi connectivity index (χ2n) is 7.49. The van der Waals surface area contributed by atoms with Gasteiger partial charge in [-0.25, -0.2) is 0 Å². The number of hydrogen-bond donors (Lipinski definition) is 2. The highest BCUT2D eigenvalue weighted by Crippen LogP contribution is 2.30. The molecule has 0 aromatic heterocycles. The molecule has 1 atom stereocenters. The summed E-state index contributed by atoms with van der Waals surface area (Å²) in [5, 5.41) is 6.67. The monoisotopic (exact) mass is 408 g/mol. The van der Waals surface area contributed by atoms with Crippen LogP contribution in [0.25, 0.3) is 0 Å². The Bertz CT molecular complexity index is 915. The Balaban J connectivity index is 1.29. The fourth-order valence-electron chi connectivity index (χ4n) is 3.73. The number of fused-ring (bicyclic) bond motifs is 1. The maximum atomic E-state index is 12.0. The van der Waals surface area contributed by atoms with Crippen molar-refractivity contribution in [3.8, 4) is 11.5 Å². The van der Waals surface area contributed by atoms with Gasteiger partial charge in [-0.05, 0) is 29.7 Å². The molecule has 7 nitrogen and oxygen atoms in total. The van der Waals surface area contributed by atoms with Crippen LogP contribution in [0.3, 0.4) is 0 Å². The minimum absolute atomic E-state index is 0.0908. The first-order valence-electron chi connectivity index (χ1n) is 10.4. The van der Waals surface area contributed by atoms with Crippen LogP contribution in [-0.2, 0) is 17.9 Å². The molecule has 2 aromatic carbocycles. The van der Waals surface area contributed by atoms with E-state index < -0.39 is 0 Å². The van der Waals surface area contributed by atoms with Crippen LogP contribution in [0.5, 0.6) is 11.5 Å². The van der Waals surface area contributed by atoms with Crippen LogP contribution in [0, 0.1) is 0 Å². The van der Waals surface area contributed by atoms with E-state index in [1.807, 2.05) is 41.3 Å². The van der Waals surface area contributed by atoms with Gasteiger partial charge < -0.3 is 25.0 Å². The van der Waals surface area contributed by atoms with E-state index >= 15 is 0 Å². The van der Waals surface area contributed by atoms with Gasteiger partial charge in [0.25, 0.3) is 0 Å². The average molecular weight is 409 g/mol. The summed E-state index contributed by atoms with van der Waals surface area (Å²) in [5.41, 5.74) is 2.32. The maximum Gasteiger partial charge on any atom is 0.222 e. The molecule has 0 spiro atoms. The molecule has 0 saturated carbocycles. The standard InChI is InChI=1S/C23H28N4O3/c1-24-23(26-14-19-16-29-20-9-4-5-10-21(20)30-19)25-13-17-7-2-3-8-18(17)15-27-12-6-11-22(27)28/h2-5,7-10,19H,6,11-16H2,1H3,(H2,24,25,26). The average Bonchev–Trinajstić information content (AvgIpc) is 3.19. The molecule has 4 rings (SSSR count). The van der Waals surface area contributed by atoms with Crippen LogP contribution >= 0.6 is 0 Å². The lowest BCUT2D eigenvalue weighted by molar-refractivity contribution is -0.128. The van der Waals surface area contributed by atoms with Gasteiger partial charge in [0.2, 0.25) is 5.91 Å². The van der Waals surface area contributed by atoms with Crippen molar-refractivity contribution in [3.63, 3.8) is 0 Å². The summed E-state index contributed by atoms with van der Waals surface area (Å²) in [7, 11) is 1.75. The fourth-order valence-corrected chi connectivity index (χ4v) is 3.73. The number of ether oxygens (including phenoxy) is 2. The lowest BCUT2D eigenvalue weighted by Crippen LogP contribution is -2.45. The van der Waals surface area contributed by atoms with Crippen molar-refractivity contribution in [1.29, 1.82) is 0 Å². The third kappa shape index (κ3) is 4.84. The number of nitrogens with one attached hydrogen (secondary N) is 2. The van der Waals surface area contributed by atoms with Gasteiger partial charge in [0, 0.05) is 33.1 Å². The van der Waals surface area contributed by atoms with Gasteiger partial charge in [0.1, 0.15) is 12.7 Å². The van der Waals surface area contributed by atoms with Crippen LogP contribution in [0.15, 0.2) is 53.5 Å². The molecule has 0 radical (unpaired) electrons. The molecule has 1 amide bonds. The number of rotatable bonds is 6. The third-order valence-corrected chi connectivity index (χ3v) is 5.39. The molecule has 158 valence electrons. The summed E-state index contributed by atoms with van der Waals surface area (Å²) < 4.78 is 11.7. The van der Waals surface area contributed by atoms with Crippen LogP contribution in [-0.4, -0.2) is 49.6 Å². The predicted octanol–water partition coefficient (Wildman–Crippen LogP) is 2.31. The molecule has 30 heavy (non-hydrogen) atoms. The number of para-hydroxylation sites is 2. The number of likely N-dealkylation sites (tertiary alicyclic amines) is 1. The summed E-state index contributed by atoms with van der Waals surface area (Å²) in [6.45, 7) is 3.21. The Kier molecular flexibility index (Phi) is 6.37. The molecule has 1 fully saturated rings. The van der Waals surface area contributed by atoms with Crippen molar-refractivity contribution in [2.75, 3.05) is 26.7 Å². The lowest BCUT2D eigenvalue weighted by Gasteiger charge is -2.27. The first kappa shape index (κ1) is 20.1. The van der Waals surface area contributed by atoms with Crippen LogP contribution in [0.4, 0.5) is 0 Å². The van der Waals surface area contributed by atoms with Crippen LogP contribution < -0.4 is 20.1 Å². The van der Waals surface area contributed by atoms with Crippen molar-refractivity contribution in [2.45, 2.75) is 32.0 Å². The number of amides is 1. The van der Waals surface area contributed by atoms with E-state index in [2.05, 4.69) is 27.8 Å². The number of aliphatic imine (C=N–C) groups is 1. The molecule has 1 unspecified atom stereocenters. The lowest BCUT2D eigenvalue weighted by atomic mass is 10.1. The van der Waals surface area contributed by atoms with Gasteiger partial charge in [0.05, 0.1) is 6.54 Å². The van der Waals surface area contributed by atoms with E-state index in [-0.39, 0.29) is 12.0 Å². The number of benzene rings is 2. The zero-order valence-electron chi connectivity index (χ0n) is 17.3. The number of nitrogens with zero attached hydrogens (tertiary/aromatic N) is 2. The minimum Gasteiger partial charge on any atom is -0.486 e. The summed E-state index contributed by atoms with van der Waals surface area (Å²) >= 11 is 0. The predicted molar refractivity (Wildman–Crippen MR) is 116 cm³/mol. The number of guanidine groups is 1. The summed E-state index contributed by atoms with van der Waals surface area (Å²) in [4.78, 5) is 18.2. The quantitative estimate of drug-likeness (QED) is 0.567. The second kappa shape index (κ2) is 9.52. The Labute approximate surface area is 177 Å². The van der Waals surface area contributed by atoms with Gasteiger partial charge in [-0.2, -0.15) is 0 Å². The topological polar surface area (TPSA) is 75.2 Å². The van der Waals surface area contributed by atoms with E-state index in [4.69, 9.17) is 9.47 Å². The molecule has 1 saturated heterocycles. The van der Waals surface area contributed by atoms with E-state index in [1.54, 1.807) is 7.05 Å². The highest BCUT2D eigenvalue weighted by atomic mass is 16.6. The van der Waals surface area contributed by atoms with E-state index in [0.29, 0.717) is 38.6 Å². The Morgan fingerprint density at radius 2 is 1.87 bits per heavy atom. The van der Waals surface area contributed by atoms with Gasteiger partial charge in [-0.1, -0.05) is 36.4 Å². The Morgan fingerprint density at radius 1 is 1.10 bits per heavy atom. The molecule has 2 heterocycles. The highest BCUT2D eigenvalue weighted by Gasteiger charge is 2.22. The zero-order valence-corrected chi connectivity index (χ0v) is 17.3. The van der Waals surface area contributed by atoms with Crippen molar-refractivity contribution >= 4 is 11.9 Å². The molecule has 2 aliphatic rings. The van der Waals surface area contributed by atoms with Crippen LogP contribution in [0.1, 0.15) is 24.0 Å². The number of carbonyl (C=O) groups excluding carboxylic acids is 1. The minimum atomic E-state index is -0.0908. The van der Waals surface area contributed by atoms with Crippen molar-refractivity contribution in [3.05, 3.63) is 59.7 Å². The third-order valence-electron chi connectivity index (χ3n) is 5.39. The smallest absolute Gasteiger partial charge is 0.222 e. The van der Waals surface area contributed by atoms with E-state index in [9.17, 15) is 4.79 Å². The number of hydrogen-bond acceptors (Lipinski definition) is 4. The van der Waals surface area contributed by atoms with Crippen molar-refractivity contribution in [1.82, 2.24) is 15.5 Å². The van der Waals surface area contributed by atoms with Gasteiger partial charge in [-0.15, -0.1) is 0 Å². The maximum absolute atomic E-state index is 12.0. The second-order valence-corrected chi connectivity index (χ2v) is 7.49. The molecule has 2 aliphatic heterocycles. The first-order valence-corrected chi connectivity index (χ1v) is 10.4. The Hall–Kier alpha value is -3.22. The molecule has 0 bridgehead atoms. The highest BCUT2D eigenvalue weighted by molar-refractivity contribution is 5.80. The Morgan fingerprint density at radius 3 is 2.63 bits per heavy atom. The molecule has 7 heteroatoms. The largest absolute Gasteiger partial charge is 0.486 e. The first-order chi connectivity index (χ1) is 14.7. The summed E-state index contributed by atoms with van der Waals surface area (Å²) in [6, 6.07) is 15.9. The summed E-state index contributed by atoms with van der Waals surface area (Å²) in [5.74, 6) is 2.49. The van der Waals surface area contributed by atoms with Gasteiger partial charge >= 0.3 is 0 Å². The van der Waals surface area contributed by atoms with E-state index in [1.165, 1.54) is 0 Å². The molecular weight excluding hydrogens is 380 g/mol. The summed E-state index contributed by atoms with van der Waals surface area (Å²) in [6.07, 6.45) is 1.52. The van der Waals surface area contributed by atoms with E-state index in [0.717, 1.165) is 35.6 Å². The van der Waals surface area contributed by atoms with Crippen molar-refractivity contribution in [2.24, 2.45) is 4.99 Å². The fraction of sp³-hybridized carbons (Fsp3) is 0.391. The number of carbonyl (C=O) groups is 1. The zero-order chi connectivity index (χ0) is 20.8. The SMILES string of the molecule is CN=C(NCc1ccccc1CN1CCCC1=O)NCC1COc2ccccc2O1. The van der Waals surface area contributed by atoms with Crippen molar-refractivity contribution < 1.29 is 14.3 Å². The molecule has 0 aliphatic carbocycles. The molecule has 2 aromatic rings. The molecule has 2 N–H and O–H groups in total. The molecular formula is C23H28N4O3. The normalized spacial score (nSPS) is 18.4.